The van der Waals surface area contributed by atoms with Gasteiger partial charge in [0, 0.05) is 19.8 Å². The third kappa shape index (κ3) is 3.17. The van der Waals surface area contributed by atoms with Crippen LogP contribution in [0.5, 0.6) is 0 Å². The van der Waals surface area contributed by atoms with Gasteiger partial charge in [0.25, 0.3) is 0 Å². The summed E-state index contributed by atoms with van der Waals surface area (Å²) in [7, 11) is 1.93. The predicted molar refractivity (Wildman–Crippen MR) is 64.6 cm³/mol. The summed E-state index contributed by atoms with van der Waals surface area (Å²) in [6.07, 6.45) is 6.62. The average Bonchev–Trinajstić information content (AvgIpc) is 2.88. The van der Waals surface area contributed by atoms with Gasteiger partial charge in [0.1, 0.15) is 5.76 Å². The Morgan fingerprint density at radius 3 is 2.88 bits per heavy atom. The maximum absolute atomic E-state index is 5.46. The van der Waals surface area contributed by atoms with Gasteiger partial charge in [0.05, 0.1) is 18.4 Å². The average molecular weight is 234 g/mol. The highest BCUT2D eigenvalue weighted by Gasteiger charge is 2.10. The molecule has 2 rings (SSSR count). The zero-order valence-corrected chi connectivity index (χ0v) is 10.5. The molecule has 5 heteroatoms. The Hall–Kier alpha value is -1.62. The Morgan fingerprint density at radius 1 is 1.47 bits per heavy atom. The molecule has 0 fully saturated rings. The van der Waals surface area contributed by atoms with Gasteiger partial charge in [0.15, 0.2) is 0 Å². The van der Waals surface area contributed by atoms with Crippen molar-refractivity contribution in [2.24, 2.45) is 7.05 Å². The van der Waals surface area contributed by atoms with E-state index in [1.807, 2.05) is 31.0 Å². The molecular formula is C12H18N4O. The van der Waals surface area contributed by atoms with E-state index in [0.717, 1.165) is 24.6 Å². The molecule has 2 aromatic rings. The second kappa shape index (κ2) is 5.14. The molecule has 0 spiro atoms. The van der Waals surface area contributed by atoms with Crippen molar-refractivity contribution in [1.82, 2.24) is 20.1 Å². The third-order valence-electron chi connectivity index (χ3n) is 2.63. The normalized spacial score (nSPS) is 12.9. The van der Waals surface area contributed by atoms with E-state index in [2.05, 4.69) is 22.3 Å². The van der Waals surface area contributed by atoms with E-state index in [-0.39, 0.29) is 6.04 Å². The van der Waals surface area contributed by atoms with E-state index >= 15 is 0 Å². The van der Waals surface area contributed by atoms with E-state index < -0.39 is 0 Å². The summed E-state index contributed by atoms with van der Waals surface area (Å²) in [6, 6.07) is 0.139. The highest BCUT2D eigenvalue weighted by atomic mass is 16.4. The summed E-state index contributed by atoms with van der Waals surface area (Å²) < 4.78 is 7.28. The van der Waals surface area contributed by atoms with Gasteiger partial charge in [0.2, 0.25) is 5.89 Å². The molecule has 92 valence electrons. The maximum Gasteiger partial charge on any atom is 0.211 e. The summed E-state index contributed by atoms with van der Waals surface area (Å²) in [5, 5.41) is 7.51. The number of hydrogen-bond donors (Lipinski definition) is 1. The SMILES string of the molecule is Cc1cnc(C(C)NCCc2cnn(C)c2)o1. The van der Waals surface area contributed by atoms with Gasteiger partial charge in [-0.15, -0.1) is 0 Å². The number of hydrogen-bond acceptors (Lipinski definition) is 4. The van der Waals surface area contributed by atoms with E-state index in [4.69, 9.17) is 4.42 Å². The largest absolute Gasteiger partial charge is 0.444 e. The molecule has 1 atom stereocenters. The summed E-state index contributed by atoms with van der Waals surface area (Å²) in [4.78, 5) is 4.20. The van der Waals surface area contributed by atoms with Crippen LogP contribution in [0.25, 0.3) is 0 Å². The molecule has 5 nitrogen and oxygen atoms in total. The molecule has 0 aliphatic heterocycles. The summed E-state index contributed by atoms with van der Waals surface area (Å²) in [5.74, 6) is 1.59. The summed E-state index contributed by atoms with van der Waals surface area (Å²) in [5.41, 5.74) is 1.23. The molecule has 0 aromatic carbocycles. The lowest BCUT2D eigenvalue weighted by Crippen LogP contribution is -2.21. The van der Waals surface area contributed by atoms with Crippen molar-refractivity contribution < 1.29 is 4.42 Å². The molecule has 2 heterocycles. The van der Waals surface area contributed by atoms with Crippen molar-refractivity contribution in [2.75, 3.05) is 6.54 Å². The fraction of sp³-hybridized carbons (Fsp3) is 0.500. The Labute approximate surface area is 101 Å². The fourth-order valence-electron chi connectivity index (χ4n) is 1.69. The first-order chi connectivity index (χ1) is 8.15. The van der Waals surface area contributed by atoms with Crippen LogP contribution in [0.2, 0.25) is 0 Å². The van der Waals surface area contributed by atoms with Crippen molar-refractivity contribution in [2.45, 2.75) is 26.3 Å². The van der Waals surface area contributed by atoms with Crippen molar-refractivity contribution >= 4 is 0 Å². The lowest BCUT2D eigenvalue weighted by molar-refractivity contribution is 0.404. The molecule has 0 aliphatic carbocycles. The van der Waals surface area contributed by atoms with Gasteiger partial charge in [-0.2, -0.15) is 5.10 Å². The lowest BCUT2D eigenvalue weighted by atomic mass is 10.2. The van der Waals surface area contributed by atoms with Crippen LogP contribution in [0.3, 0.4) is 0 Å². The van der Waals surface area contributed by atoms with Gasteiger partial charge < -0.3 is 9.73 Å². The zero-order valence-electron chi connectivity index (χ0n) is 10.5. The van der Waals surface area contributed by atoms with Crippen LogP contribution < -0.4 is 5.32 Å². The van der Waals surface area contributed by atoms with Gasteiger partial charge in [-0.3, -0.25) is 4.68 Å². The summed E-state index contributed by atoms with van der Waals surface area (Å²) in [6.45, 7) is 4.83. The smallest absolute Gasteiger partial charge is 0.211 e. The Bertz CT molecular complexity index is 474. The van der Waals surface area contributed by atoms with Gasteiger partial charge in [-0.25, -0.2) is 4.98 Å². The zero-order chi connectivity index (χ0) is 12.3. The molecular weight excluding hydrogens is 216 g/mol. The van der Waals surface area contributed by atoms with Crippen LogP contribution in [-0.2, 0) is 13.5 Å². The monoisotopic (exact) mass is 234 g/mol. The number of rotatable bonds is 5. The number of aromatic nitrogens is 3. The highest BCUT2D eigenvalue weighted by molar-refractivity contribution is 5.04. The molecule has 0 saturated heterocycles. The first-order valence-corrected chi connectivity index (χ1v) is 5.78. The molecule has 0 bridgehead atoms. The predicted octanol–water partition coefficient (Wildman–Crippen LogP) is 1.61. The first-order valence-electron chi connectivity index (χ1n) is 5.78. The maximum atomic E-state index is 5.46. The fourth-order valence-corrected chi connectivity index (χ4v) is 1.69. The molecule has 17 heavy (non-hydrogen) atoms. The number of nitrogens with zero attached hydrogens (tertiary/aromatic N) is 3. The Morgan fingerprint density at radius 2 is 2.29 bits per heavy atom. The quantitative estimate of drug-likeness (QED) is 0.854. The topological polar surface area (TPSA) is 55.9 Å². The van der Waals surface area contributed by atoms with Gasteiger partial charge in [-0.1, -0.05) is 0 Å². The molecule has 0 saturated carbocycles. The molecule has 0 aliphatic rings. The number of aryl methyl sites for hydroxylation is 2. The van der Waals surface area contributed by atoms with E-state index in [0.29, 0.717) is 0 Å². The van der Waals surface area contributed by atoms with Crippen LogP contribution >= 0.6 is 0 Å². The minimum atomic E-state index is 0.139. The van der Waals surface area contributed by atoms with Crippen molar-refractivity contribution in [1.29, 1.82) is 0 Å². The molecule has 0 radical (unpaired) electrons. The standard InChI is InChI=1S/C12H18N4O/c1-9-6-14-12(17-9)10(2)13-5-4-11-7-15-16(3)8-11/h6-8,10,13H,4-5H2,1-3H3. The number of nitrogens with one attached hydrogen (secondary N) is 1. The van der Waals surface area contributed by atoms with Gasteiger partial charge >= 0.3 is 0 Å². The Balaban J connectivity index is 1.78. The van der Waals surface area contributed by atoms with Crippen LogP contribution in [0.1, 0.15) is 30.2 Å². The molecule has 1 N–H and O–H groups in total. The second-order valence-electron chi connectivity index (χ2n) is 4.26. The highest BCUT2D eigenvalue weighted by Crippen LogP contribution is 2.11. The van der Waals surface area contributed by atoms with Crippen molar-refractivity contribution in [3.63, 3.8) is 0 Å². The first kappa shape index (κ1) is 11.9. The molecule has 1 unspecified atom stereocenters. The summed E-state index contributed by atoms with van der Waals surface area (Å²) >= 11 is 0. The van der Waals surface area contributed by atoms with Crippen LogP contribution in [0.15, 0.2) is 23.0 Å². The second-order valence-corrected chi connectivity index (χ2v) is 4.26. The third-order valence-corrected chi connectivity index (χ3v) is 2.63. The number of oxazole rings is 1. The van der Waals surface area contributed by atoms with E-state index in [9.17, 15) is 0 Å². The van der Waals surface area contributed by atoms with Gasteiger partial charge in [-0.05, 0) is 25.8 Å². The van der Waals surface area contributed by atoms with Crippen LogP contribution in [0.4, 0.5) is 0 Å². The van der Waals surface area contributed by atoms with E-state index in [1.54, 1.807) is 6.20 Å². The minimum Gasteiger partial charge on any atom is -0.444 e. The van der Waals surface area contributed by atoms with Crippen molar-refractivity contribution in [3.05, 3.63) is 35.8 Å². The minimum absolute atomic E-state index is 0.139. The lowest BCUT2D eigenvalue weighted by Gasteiger charge is -2.09. The van der Waals surface area contributed by atoms with E-state index in [1.165, 1.54) is 5.56 Å². The van der Waals surface area contributed by atoms with Crippen LogP contribution in [-0.4, -0.2) is 21.3 Å². The Kier molecular flexibility index (Phi) is 3.58. The van der Waals surface area contributed by atoms with Crippen LogP contribution in [0, 0.1) is 6.92 Å². The molecule has 2 aromatic heterocycles. The van der Waals surface area contributed by atoms with Crippen molar-refractivity contribution in [3.8, 4) is 0 Å². The molecule has 0 amide bonds.